The molecule has 2 rings (SSSR count). The predicted octanol–water partition coefficient (Wildman–Crippen LogP) is 3.73. The van der Waals surface area contributed by atoms with Crippen LogP contribution in [0.4, 0.5) is 0 Å². The number of hydrogen-bond donors (Lipinski definition) is 1. The lowest BCUT2D eigenvalue weighted by molar-refractivity contribution is 0.000475. The molecule has 1 saturated carbocycles. The maximum absolute atomic E-state index is 10.8. The van der Waals surface area contributed by atoms with Crippen molar-refractivity contribution in [1.29, 1.82) is 0 Å². The zero-order valence-corrected chi connectivity index (χ0v) is 12.6. The monoisotopic (exact) mass is 264 g/mol. The van der Waals surface area contributed by atoms with E-state index in [9.17, 15) is 5.11 Å². The number of aromatic nitrogens is 2. The summed E-state index contributed by atoms with van der Waals surface area (Å²) in [5, 5.41) is 15.5. The van der Waals surface area contributed by atoms with Gasteiger partial charge in [-0.25, -0.2) is 0 Å². The van der Waals surface area contributed by atoms with E-state index in [2.05, 4.69) is 42.8 Å². The summed E-state index contributed by atoms with van der Waals surface area (Å²) in [7, 11) is 0. The van der Waals surface area contributed by atoms with E-state index in [0.29, 0.717) is 12.0 Å². The smallest absolute Gasteiger partial charge is 0.0731 e. The van der Waals surface area contributed by atoms with Gasteiger partial charge in [-0.3, -0.25) is 4.68 Å². The fraction of sp³-hybridized carbons (Fsp3) is 0.812. The van der Waals surface area contributed by atoms with Crippen molar-refractivity contribution in [3.05, 3.63) is 18.0 Å². The zero-order valence-electron chi connectivity index (χ0n) is 12.6. The fourth-order valence-corrected chi connectivity index (χ4v) is 3.60. The van der Waals surface area contributed by atoms with Crippen molar-refractivity contribution < 1.29 is 5.11 Å². The molecule has 0 amide bonds. The Bertz CT molecular complexity index is 397. The van der Waals surface area contributed by atoms with Gasteiger partial charge in [0.2, 0.25) is 0 Å². The SMILES string of the molecule is CCC(CC)n1ccc(CC2(O)CCCC2CC)n1. The summed E-state index contributed by atoms with van der Waals surface area (Å²) in [5.74, 6) is 0.450. The molecular formula is C16H28N2O. The van der Waals surface area contributed by atoms with Crippen LogP contribution in [-0.2, 0) is 6.42 Å². The largest absolute Gasteiger partial charge is 0.389 e. The van der Waals surface area contributed by atoms with Gasteiger partial charge in [0.05, 0.1) is 17.3 Å². The first-order valence-electron chi connectivity index (χ1n) is 7.89. The lowest BCUT2D eigenvalue weighted by Crippen LogP contribution is -2.35. The van der Waals surface area contributed by atoms with Crippen molar-refractivity contribution in [2.24, 2.45) is 5.92 Å². The van der Waals surface area contributed by atoms with E-state index in [1.54, 1.807) is 0 Å². The summed E-state index contributed by atoms with van der Waals surface area (Å²) in [4.78, 5) is 0. The maximum Gasteiger partial charge on any atom is 0.0731 e. The first kappa shape index (κ1) is 14.6. The predicted molar refractivity (Wildman–Crippen MR) is 78.1 cm³/mol. The van der Waals surface area contributed by atoms with E-state index in [1.807, 2.05) is 0 Å². The minimum atomic E-state index is -0.512. The summed E-state index contributed by atoms with van der Waals surface area (Å²) in [6.45, 7) is 6.59. The summed E-state index contributed by atoms with van der Waals surface area (Å²) in [5.41, 5.74) is 0.539. The average molecular weight is 264 g/mol. The first-order chi connectivity index (χ1) is 9.12. The highest BCUT2D eigenvalue weighted by Crippen LogP contribution is 2.39. The maximum atomic E-state index is 10.8. The molecule has 1 fully saturated rings. The van der Waals surface area contributed by atoms with Crippen molar-refractivity contribution in [2.45, 2.75) is 77.4 Å². The van der Waals surface area contributed by atoms with Crippen LogP contribution in [0.25, 0.3) is 0 Å². The Morgan fingerprint density at radius 1 is 1.42 bits per heavy atom. The number of hydrogen-bond acceptors (Lipinski definition) is 2. The molecular weight excluding hydrogens is 236 g/mol. The molecule has 0 aromatic carbocycles. The second kappa shape index (κ2) is 6.08. The molecule has 0 aliphatic heterocycles. The third-order valence-electron chi connectivity index (χ3n) is 4.88. The minimum Gasteiger partial charge on any atom is -0.389 e. The molecule has 1 aliphatic rings. The van der Waals surface area contributed by atoms with Gasteiger partial charge in [-0.05, 0) is 37.7 Å². The molecule has 1 heterocycles. The van der Waals surface area contributed by atoms with Crippen LogP contribution < -0.4 is 0 Å². The quantitative estimate of drug-likeness (QED) is 0.850. The second-order valence-corrected chi connectivity index (χ2v) is 6.04. The molecule has 0 bridgehead atoms. The van der Waals surface area contributed by atoms with Crippen LogP contribution in [-0.4, -0.2) is 20.5 Å². The topological polar surface area (TPSA) is 38.0 Å². The van der Waals surface area contributed by atoms with Crippen LogP contribution in [0.15, 0.2) is 12.3 Å². The summed E-state index contributed by atoms with van der Waals surface area (Å²) in [6, 6.07) is 2.58. The normalized spacial score (nSPS) is 27.3. The Balaban J connectivity index is 2.07. The van der Waals surface area contributed by atoms with Crippen molar-refractivity contribution in [1.82, 2.24) is 9.78 Å². The van der Waals surface area contributed by atoms with Crippen LogP contribution in [0.1, 0.15) is 71.0 Å². The van der Waals surface area contributed by atoms with Crippen molar-refractivity contribution >= 4 is 0 Å². The Morgan fingerprint density at radius 3 is 2.79 bits per heavy atom. The second-order valence-electron chi connectivity index (χ2n) is 6.04. The van der Waals surface area contributed by atoms with Crippen LogP contribution in [0.3, 0.4) is 0 Å². The highest BCUT2D eigenvalue weighted by molar-refractivity contribution is 5.07. The van der Waals surface area contributed by atoms with Gasteiger partial charge in [0.25, 0.3) is 0 Å². The Morgan fingerprint density at radius 2 is 2.16 bits per heavy atom. The van der Waals surface area contributed by atoms with E-state index in [0.717, 1.165) is 44.2 Å². The molecule has 108 valence electrons. The van der Waals surface area contributed by atoms with Gasteiger partial charge in [0.15, 0.2) is 0 Å². The average Bonchev–Trinajstić information content (AvgIpc) is 2.98. The Labute approximate surface area is 117 Å². The summed E-state index contributed by atoms with van der Waals surface area (Å²) < 4.78 is 2.08. The van der Waals surface area contributed by atoms with Crippen LogP contribution >= 0.6 is 0 Å². The van der Waals surface area contributed by atoms with Crippen LogP contribution in [0, 0.1) is 5.92 Å². The number of nitrogens with zero attached hydrogens (tertiary/aromatic N) is 2. The molecule has 0 radical (unpaired) electrons. The summed E-state index contributed by atoms with van der Waals surface area (Å²) in [6.07, 6.45) is 9.35. The molecule has 0 spiro atoms. The van der Waals surface area contributed by atoms with Gasteiger partial charge >= 0.3 is 0 Å². The van der Waals surface area contributed by atoms with Gasteiger partial charge in [-0.1, -0.05) is 33.6 Å². The van der Waals surface area contributed by atoms with E-state index in [4.69, 9.17) is 0 Å². The molecule has 3 heteroatoms. The molecule has 2 unspecified atom stereocenters. The lowest BCUT2D eigenvalue weighted by Gasteiger charge is -2.28. The molecule has 3 nitrogen and oxygen atoms in total. The number of rotatable bonds is 6. The van der Waals surface area contributed by atoms with E-state index in [1.165, 1.54) is 6.42 Å². The van der Waals surface area contributed by atoms with Gasteiger partial charge in [-0.15, -0.1) is 0 Å². The molecule has 1 aromatic heterocycles. The van der Waals surface area contributed by atoms with Crippen molar-refractivity contribution in [2.75, 3.05) is 0 Å². The van der Waals surface area contributed by atoms with Crippen LogP contribution in [0.5, 0.6) is 0 Å². The number of aliphatic hydroxyl groups is 1. The summed E-state index contributed by atoms with van der Waals surface area (Å²) >= 11 is 0. The molecule has 0 saturated heterocycles. The van der Waals surface area contributed by atoms with Crippen LogP contribution in [0.2, 0.25) is 0 Å². The van der Waals surface area contributed by atoms with E-state index < -0.39 is 5.60 Å². The Kier molecular flexibility index (Phi) is 4.67. The van der Waals surface area contributed by atoms with E-state index >= 15 is 0 Å². The zero-order chi connectivity index (χ0) is 13.9. The highest BCUT2D eigenvalue weighted by Gasteiger charge is 2.40. The Hall–Kier alpha value is -0.830. The van der Waals surface area contributed by atoms with Gasteiger partial charge in [0, 0.05) is 12.6 Å². The standard InChI is InChI=1S/C16H28N2O/c1-4-13-8-7-10-16(13,19)12-14-9-11-18(17-14)15(5-2)6-3/h9,11,13,15,19H,4-8,10,12H2,1-3H3. The van der Waals surface area contributed by atoms with Gasteiger partial charge in [-0.2, -0.15) is 5.10 Å². The van der Waals surface area contributed by atoms with Gasteiger partial charge in [0.1, 0.15) is 0 Å². The lowest BCUT2D eigenvalue weighted by atomic mass is 9.85. The highest BCUT2D eigenvalue weighted by atomic mass is 16.3. The third-order valence-corrected chi connectivity index (χ3v) is 4.88. The van der Waals surface area contributed by atoms with Gasteiger partial charge < -0.3 is 5.11 Å². The van der Waals surface area contributed by atoms with Crippen molar-refractivity contribution in [3.8, 4) is 0 Å². The fourth-order valence-electron chi connectivity index (χ4n) is 3.60. The molecule has 1 aromatic rings. The molecule has 1 N–H and O–H groups in total. The van der Waals surface area contributed by atoms with Crippen molar-refractivity contribution in [3.63, 3.8) is 0 Å². The first-order valence-corrected chi connectivity index (χ1v) is 7.89. The molecule has 2 atom stereocenters. The minimum absolute atomic E-state index is 0.450. The third kappa shape index (κ3) is 3.02. The van der Waals surface area contributed by atoms with E-state index in [-0.39, 0.29) is 0 Å². The molecule has 1 aliphatic carbocycles. The molecule has 19 heavy (non-hydrogen) atoms.